The lowest BCUT2D eigenvalue weighted by Gasteiger charge is -2.37. The van der Waals surface area contributed by atoms with Gasteiger partial charge in [0, 0.05) is 49.6 Å². The maximum absolute atomic E-state index is 12.1. The number of nitrogens with one attached hydrogen (secondary N) is 1. The topological polar surface area (TPSA) is 50.8 Å². The SMILES string of the molecule is Cc1c(Cl)cccc1NC(=O)CCN1CCC2(CC1)OCCO2. The Bertz CT molecular complexity index is 563. The minimum atomic E-state index is -0.351. The molecule has 6 heteroatoms. The van der Waals surface area contributed by atoms with E-state index in [0.29, 0.717) is 24.7 Å². The van der Waals surface area contributed by atoms with Gasteiger partial charge >= 0.3 is 0 Å². The molecule has 2 fully saturated rings. The number of halogens is 1. The molecule has 1 N–H and O–H groups in total. The van der Waals surface area contributed by atoms with Crippen molar-refractivity contribution in [3.63, 3.8) is 0 Å². The molecule has 23 heavy (non-hydrogen) atoms. The Balaban J connectivity index is 1.44. The third-order valence-electron chi connectivity index (χ3n) is 4.63. The minimum absolute atomic E-state index is 0.0176. The van der Waals surface area contributed by atoms with Gasteiger partial charge in [-0.15, -0.1) is 0 Å². The predicted octanol–water partition coefficient (Wildman–Crippen LogP) is 2.82. The fourth-order valence-corrected chi connectivity index (χ4v) is 3.29. The Hall–Kier alpha value is -1.14. The lowest BCUT2D eigenvalue weighted by atomic mass is 10.0. The molecule has 2 heterocycles. The van der Waals surface area contributed by atoms with Crippen molar-refractivity contribution in [2.45, 2.75) is 32.0 Å². The van der Waals surface area contributed by atoms with E-state index < -0.39 is 0 Å². The molecule has 3 rings (SSSR count). The number of nitrogens with zero attached hydrogens (tertiary/aromatic N) is 1. The number of rotatable bonds is 4. The van der Waals surface area contributed by atoms with Crippen LogP contribution in [0.4, 0.5) is 5.69 Å². The summed E-state index contributed by atoms with van der Waals surface area (Å²) in [7, 11) is 0. The van der Waals surface area contributed by atoms with E-state index >= 15 is 0 Å². The summed E-state index contributed by atoms with van der Waals surface area (Å²) in [5, 5.41) is 3.61. The van der Waals surface area contributed by atoms with E-state index in [2.05, 4.69) is 10.2 Å². The lowest BCUT2D eigenvalue weighted by Crippen LogP contribution is -2.45. The molecule has 5 nitrogen and oxygen atoms in total. The number of hydrogen-bond acceptors (Lipinski definition) is 4. The van der Waals surface area contributed by atoms with E-state index in [1.165, 1.54) is 0 Å². The number of hydrogen-bond donors (Lipinski definition) is 1. The monoisotopic (exact) mass is 338 g/mol. The molecule has 1 aromatic rings. The van der Waals surface area contributed by atoms with Gasteiger partial charge in [0.25, 0.3) is 0 Å². The van der Waals surface area contributed by atoms with Crippen LogP contribution >= 0.6 is 11.6 Å². The first-order chi connectivity index (χ1) is 11.1. The Morgan fingerprint density at radius 1 is 1.30 bits per heavy atom. The summed E-state index contributed by atoms with van der Waals surface area (Å²) in [5.41, 5.74) is 1.69. The van der Waals surface area contributed by atoms with Crippen molar-refractivity contribution in [3.05, 3.63) is 28.8 Å². The highest BCUT2D eigenvalue weighted by Gasteiger charge is 2.39. The molecule has 0 aliphatic carbocycles. The number of amides is 1. The van der Waals surface area contributed by atoms with Crippen LogP contribution in [0.5, 0.6) is 0 Å². The summed E-state index contributed by atoms with van der Waals surface area (Å²) in [6, 6.07) is 5.54. The van der Waals surface area contributed by atoms with Crippen molar-refractivity contribution >= 4 is 23.2 Å². The maximum Gasteiger partial charge on any atom is 0.225 e. The van der Waals surface area contributed by atoms with Crippen LogP contribution in [-0.4, -0.2) is 49.4 Å². The number of carbonyl (C=O) groups is 1. The molecule has 1 amide bonds. The fraction of sp³-hybridized carbons (Fsp3) is 0.588. The van der Waals surface area contributed by atoms with Crippen LogP contribution in [0, 0.1) is 6.92 Å². The normalized spacial score (nSPS) is 20.8. The molecule has 126 valence electrons. The zero-order valence-corrected chi connectivity index (χ0v) is 14.2. The van der Waals surface area contributed by atoms with Gasteiger partial charge in [0.2, 0.25) is 5.91 Å². The van der Waals surface area contributed by atoms with Gasteiger partial charge in [-0.1, -0.05) is 17.7 Å². The Morgan fingerprint density at radius 2 is 2.00 bits per heavy atom. The molecular formula is C17H23ClN2O3. The first-order valence-corrected chi connectivity index (χ1v) is 8.51. The molecule has 0 unspecified atom stereocenters. The second kappa shape index (κ2) is 7.18. The smallest absolute Gasteiger partial charge is 0.225 e. The summed E-state index contributed by atoms with van der Waals surface area (Å²) in [5.74, 6) is -0.333. The Kier molecular flexibility index (Phi) is 5.21. The van der Waals surface area contributed by atoms with Gasteiger partial charge in [-0.25, -0.2) is 0 Å². The standard InChI is InChI=1S/C17H23ClN2O3/c1-13-14(18)3-2-4-15(13)19-16(21)5-8-20-9-6-17(7-10-20)22-11-12-23-17/h2-4H,5-12H2,1H3,(H,19,21). The van der Waals surface area contributed by atoms with Crippen LogP contribution in [0.3, 0.4) is 0 Å². The van der Waals surface area contributed by atoms with E-state index in [-0.39, 0.29) is 11.7 Å². The van der Waals surface area contributed by atoms with Gasteiger partial charge in [0.05, 0.1) is 13.2 Å². The first-order valence-electron chi connectivity index (χ1n) is 8.13. The highest BCUT2D eigenvalue weighted by atomic mass is 35.5. The predicted molar refractivity (Wildman–Crippen MR) is 89.7 cm³/mol. The molecule has 0 aromatic heterocycles. The molecule has 0 bridgehead atoms. The van der Waals surface area contributed by atoms with Crippen molar-refractivity contribution in [1.82, 2.24) is 4.90 Å². The third kappa shape index (κ3) is 4.04. The van der Waals surface area contributed by atoms with Crippen molar-refractivity contribution in [2.75, 3.05) is 38.2 Å². The number of ether oxygens (including phenoxy) is 2. The Morgan fingerprint density at radius 3 is 2.70 bits per heavy atom. The molecule has 0 radical (unpaired) electrons. The molecule has 2 aliphatic heterocycles. The van der Waals surface area contributed by atoms with Gasteiger partial charge < -0.3 is 19.7 Å². The van der Waals surface area contributed by atoms with Gasteiger partial charge in [-0.3, -0.25) is 4.79 Å². The van der Waals surface area contributed by atoms with E-state index in [0.717, 1.165) is 43.7 Å². The summed E-state index contributed by atoms with van der Waals surface area (Å²) in [4.78, 5) is 14.4. The van der Waals surface area contributed by atoms with Crippen molar-refractivity contribution < 1.29 is 14.3 Å². The van der Waals surface area contributed by atoms with Crippen LogP contribution in [0.2, 0.25) is 5.02 Å². The van der Waals surface area contributed by atoms with E-state index in [4.69, 9.17) is 21.1 Å². The largest absolute Gasteiger partial charge is 0.347 e. The quantitative estimate of drug-likeness (QED) is 0.917. The molecule has 2 saturated heterocycles. The molecule has 2 aliphatic rings. The molecule has 1 aromatic carbocycles. The average molecular weight is 339 g/mol. The van der Waals surface area contributed by atoms with Crippen LogP contribution < -0.4 is 5.32 Å². The number of likely N-dealkylation sites (tertiary alicyclic amines) is 1. The van der Waals surface area contributed by atoms with Crippen LogP contribution in [0.25, 0.3) is 0 Å². The maximum atomic E-state index is 12.1. The van der Waals surface area contributed by atoms with Crippen LogP contribution in [-0.2, 0) is 14.3 Å². The summed E-state index contributed by atoms with van der Waals surface area (Å²) in [6.07, 6.45) is 2.23. The molecule has 0 saturated carbocycles. The summed E-state index contributed by atoms with van der Waals surface area (Å²) >= 11 is 6.07. The highest BCUT2D eigenvalue weighted by molar-refractivity contribution is 6.31. The first kappa shape index (κ1) is 16.7. The molecule has 0 atom stereocenters. The number of benzene rings is 1. The second-order valence-corrected chi connectivity index (χ2v) is 6.57. The van der Waals surface area contributed by atoms with E-state index in [1.54, 1.807) is 0 Å². The Labute approximate surface area is 141 Å². The van der Waals surface area contributed by atoms with Crippen molar-refractivity contribution in [2.24, 2.45) is 0 Å². The van der Waals surface area contributed by atoms with Crippen molar-refractivity contribution in [1.29, 1.82) is 0 Å². The number of carbonyl (C=O) groups excluding carboxylic acids is 1. The van der Waals surface area contributed by atoms with E-state index in [1.807, 2.05) is 25.1 Å². The van der Waals surface area contributed by atoms with Crippen LogP contribution in [0.15, 0.2) is 18.2 Å². The van der Waals surface area contributed by atoms with Crippen LogP contribution in [0.1, 0.15) is 24.8 Å². The van der Waals surface area contributed by atoms with E-state index in [9.17, 15) is 4.79 Å². The fourth-order valence-electron chi connectivity index (χ4n) is 3.12. The minimum Gasteiger partial charge on any atom is -0.347 e. The zero-order chi connectivity index (χ0) is 16.3. The van der Waals surface area contributed by atoms with Gasteiger partial charge in [0.15, 0.2) is 5.79 Å². The second-order valence-electron chi connectivity index (χ2n) is 6.16. The highest BCUT2D eigenvalue weighted by Crippen LogP contribution is 2.31. The zero-order valence-electron chi connectivity index (χ0n) is 13.4. The molecule has 1 spiro atoms. The lowest BCUT2D eigenvalue weighted by molar-refractivity contribution is -0.185. The number of piperidine rings is 1. The van der Waals surface area contributed by atoms with Gasteiger partial charge in [0.1, 0.15) is 0 Å². The van der Waals surface area contributed by atoms with Gasteiger partial charge in [-0.05, 0) is 24.6 Å². The molecular weight excluding hydrogens is 316 g/mol. The van der Waals surface area contributed by atoms with Crippen molar-refractivity contribution in [3.8, 4) is 0 Å². The summed E-state index contributed by atoms with van der Waals surface area (Å²) < 4.78 is 11.4. The van der Waals surface area contributed by atoms with Gasteiger partial charge in [-0.2, -0.15) is 0 Å². The average Bonchev–Trinajstić information content (AvgIpc) is 3.00. The third-order valence-corrected chi connectivity index (χ3v) is 5.04. The number of anilines is 1. The summed E-state index contributed by atoms with van der Waals surface area (Å²) in [6.45, 7) is 5.86.